The van der Waals surface area contributed by atoms with Gasteiger partial charge in [0.2, 0.25) is 5.91 Å². The van der Waals surface area contributed by atoms with Crippen LogP contribution in [0.1, 0.15) is 44.1 Å². The minimum absolute atomic E-state index is 0.00429. The Morgan fingerprint density at radius 1 is 1.04 bits per heavy atom. The van der Waals surface area contributed by atoms with Gasteiger partial charge in [0.1, 0.15) is 5.82 Å². The monoisotopic (exact) mass is 347 g/mol. The molecule has 5 heteroatoms. The summed E-state index contributed by atoms with van der Waals surface area (Å²) in [7, 11) is 0. The molecule has 1 heterocycles. The Balaban J connectivity index is 1.46. The molecule has 25 heavy (non-hydrogen) atoms. The van der Waals surface area contributed by atoms with E-state index in [9.17, 15) is 14.0 Å². The second kappa shape index (κ2) is 7.98. The summed E-state index contributed by atoms with van der Waals surface area (Å²) in [5, 5.41) is 9.06. The number of carboxylic acids is 1. The van der Waals surface area contributed by atoms with E-state index in [1.807, 2.05) is 11.0 Å². The number of carboxylic acid groups (broad SMARTS) is 1. The first-order valence-electron chi connectivity index (χ1n) is 9.29. The number of amides is 1. The molecule has 1 aliphatic heterocycles. The Labute approximate surface area is 148 Å². The van der Waals surface area contributed by atoms with Crippen molar-refractivity contribution >= 4 is 11.9 Å². The lowest BCUT2D eigenvalue weighted by Gasteiger charge is -2.36. The van der Waals surface area contributed by atoms with Crippen LogP contribution in [0, 0.1) is 23.6 Å². The molecule has 4 nitrogen and oxygen atoms in total. The van der Waals surface area contributed by atoms with E-state index >= 15 is 0 Å². The molecule has 1 saturated heterocycles. The largest absolute Gasteiger partial charge is 0.481 e. The van der Waals surface area contributed by atoms with Crippen LogP contribution in [-0.2, 0) is 16.0 Å². The van der Waals surface area contributed by atoms with Crippen LogP contribution in [0.15, 0.2) is 24.3 Å². The van der Waals surface area contributed by atoms with Crippen molar-refractivity contribution in [1.82, 2.24) is 4.90 Å². The van der Waals surface area contributed by atoms with Crippen LogP contribution in [0.25, 0.3) is 0 Å². The first-order valence-corrected chi connectivity index (χ1v) is 9.29. The zero-order valence-electron chi connectivity index (χ0n) is 14.5. The molecular formula is C20H26FNO3. The van der Waals surface area contributed by atoms with Crippen molar-refractivity contribution in [1.29, 1.82) is 0 Å². The first kappa shape index (κ1) is 17.9. The SMILES string of the molecule is O=C(O)C1CCC(C(=O)N2CCC(Cc3cccc(F)c3)CC2)CC1. The number of aliphatic carboxylic acids is 1. The maximum atomic E-state index is 13.3. The van der Waals surface area contributed by atoms with Crippen molar-refractivity contribution in [2.24, 2.45) is 17.8 Å². The molecule has 2 fully saturated rings. The molecular weight excluding hydrogens is 321 g/mol. The number of halogens is 1. The Bertz CT molecular complexity index is 617. The maximum absolute atomic E-state index is 13.3. The zero-order valence-corrected chi connectivity index (χ0v) is 14.5. The van der Waals surface area contributed by atoms with Crippen molar-refractivity contribution in [2.75, 3.05) is 13.1 Å². The molecule has 136 valence electrons. The van der Waals surface area contributed by atoms with E-state index in [1.54, 1.807) is 12.1 Å². The van der Waals surface area contributed by atoms with E-state index in [4.69, 9.17) is 5.11 Å². The van der Waals surface area contributed by atoms with Gasteiger partial charge in [0, 0.05) is 19.0 Å². The number of piperidine rings is 1. The van der Waals surface area contributed by atoms with Gasteiger partial charge in [0.05, 0.1) is 5.92 Å². The molecule has 0 bridgehead atoms. The van der Waals surface area contributed by atoms with E-state index < -0.39 is 5.97 Å². The predicted molar refractivity (Wildman–Crippen MR) is 92.5 cm³/mol. The third-order valence-electron chi connectivity index (χ3n) is 5.77. The number of carbonyl (C=O) groups excluding carboxylic acids is 1. The number of likely N-dealkylation sites (tertiary alicyclic amines) is 1. The highest BCUT2D eigenvalue weighted by molar-refractivity contribution is 5.79. The van der Waals surface area contributed by atoms with Gasteiger partial charge in [0.25, 0.3) is 0 Å². The molecule has 1 aromatic carbocycles. The van der Waals surface area contributed by atoms with Crippen molar-refractivity contribution in [3.8, 4) is 0 Å². The molecule has 1 aromatic rings. The molecule has 1 amide bonds. The molecule has 2 aliphatic rings. The minimum atomic E-state index is -0.732. The van der Waals surface area contributed by atoms with Crippen molar-refractivity contribution in [3.63, 3.8) is 0 Å². The Morgan fingerprint density at radius 3 is 2.28 bits per heavy atom. The summed E-state index contributed by atoms with van der Waals surface area (Å²) in [6.07, 6.45) is 5.38. The summed E-state index contributed by atoms with van der Waals surface area (Å²) in [4.78, 5) is 25.6. The number of hydrogen-bond acceptors (Lipinski definition) is 2. The van der Waals surface area contributed by atoms with Crippen LogP contribution in [0.3, 0.4) is 0 Å². The average Bonchev–Trinajstić information content (AvgIpc) is 2.62. The third kappa shape index (κ3) is 4.59. The highest BCUT2D eigenvalue weighted by Crippen LogP contribution is 2.31. The standard InChI is InChI=1S/C20H26FNO3/c21-18-3-1-2-15(13-18)12-14-8-10-22(11-9-14)19(23)16-4-6-17(7-5-16)20(24)25/h1-3,13-14,16-17H,4-12H2,(H,24,25). The smallest absolute Gasteiger partial charge is 0.306 e. The number of rotatable bonds is 4. The lowest BCUT2D eigenvalue weighted by atomic mass is 9.81. The second-order valence-electron chi connectivity index (χ2n) is 7.49. The van der Waals surface area contributed by atoms with Crippen LogP contribution in [-0.4, -0.2) is 35.0 Å². The topological polar surface area (TPSA) is 57.6 Å². The van der Waals surface area contributed by atoms with Crippen molar-refractivity contribution in [2.45, 2.75) is 44.9 Å². The quantitative estimate of drug-likeness (QED) is 0.907. The van der Waals surface area contributed by atoms with Gasteiger partial charge in [-0.2, -0.15) is 0 Å². The van der Waals surface area contributed by atoms with Crippen LogP contribution in [0.2, 0.25) is 0 Å². The zero-order chi connectivity index (χ0) is 17.8. The second-order valence-corrected chi connectivity index (χ2v) is 7.49. The fourth-order valence-electron chi connectivity index (χ4n) is 4.20. The van der Waals surface area contributed by atoms with E-state index in [1.165, 1.54) is 6.07 Å². The van der Waals surface area contributed by atoms with Crippen LogP contribution < -0.4 is 0 Å². The molecule has 0 unspecified atom stereocenters. The molecule has 0 radical (unpaired) electrons. The molecule has 0 atom stereocenters. The highest BCUT2D eigenvalue weighted by atomic mass is 19.1. The fraction of sp³-hybridized carbons (Fsp3) is 0.600. The summed E-state index contributed by atoms with van der Waals surface area (Å²) < 4.78 is 13.3. The maximum Gasteiger partial charge on any atom is 0.306 e. The number of carbonyl (C=O) groups is 2. The molecule has 1 saturated carbocycles. The first-order chi connectivity index (χ1) is 12.0. The van der Waals surface area contributed by atoms with Gasteiger partial charge in [-0.1, -0.05) is 12.1 Å². The fourth-order valence-corrected chi connectivity index (χ4v) is 4.20. The minimum Gasteiger partial charge on any atom is -0.481 e. The molecule has 1 N–H and O–H groups in total. The average molecular weight is 347 g/mol. The number of hydrogen-bond donors (Lipinski definition) is 1. The molecule has 0 spiro atoms. The summed E-state index contributed by atoms with van der Waals surface area (Å²) >= 11 is 0. The molecule has 3 rings (SSSR count). The number of nitrogens with zero attached hydrogens (tertiary/aromatic N) is 1. The normalized spacial score (nSPS) is 24.9. The molecule has 0 aromatic heterocycles. The van der Waals surface area contributed by atoms with Crippen molar-refractivity contribution in [3.05, 3.63) is 35.6 Å². The van der Waals surface area contributed by atoms with E-state index in [0.29, 0.717) is 31.6 Å². The summed E-state index contributed by atoms with van der Waals surface area (Å²) in [5.41, 5.74) is 1.02. The Kier molecular flexibility index (Phi) is 5.71. The Hall–Kier alpha value is -1.91. The van der Waals surface area contributed by atoms with E-state index in [2.05, 4.69) is 0 Å². The Morgan fingerprint density at radius 2 is 1.68 bits per heavy atom. The van der Waals surface area contributed by atoms with Gasteiger partial charge < -0.3 is 10.0 Å². The summed E-state index contributed by atoms with van der Waals surface area (Å²) in [5.74, 6) is -0.510. The van der Waals surface area contributed by atoms with Gasteiger partial charge in [0.15, 0.2) is 0 Å². The van der Waals surface area contributed by atoms with Gasteiger partial charge in [-0.25, -0.2) is 4.39 Å². The highest BCUT2D eigenvalue weighted by Gasteiger charge is 2.33. The van der Waals surface area contributed by atoms with Gasteiger partial charge >= 0.3 is 5.97 Å². The van der Waals surface area contributed by atoms with E-state index in [0.717, 1.165) is 37.9 Å². The lowest BCUT2D eigenvalue weighted by molar-refractivity contribution is -0.146. The predicted octanol–water partition coefficient (Wildman–Crippen LogP) is 3.50. The van der Waals surface area contributed by atoms with Crippen molar-refractivity contribution < 1.29 is 19.1 Å². The van der Waals surface area contributed by atoms with Crippen LogP contribution in [0.4, 0.5) is 4.39 Å². The van der Waals surface area contributed by atoms with Gasteiger partial charge in [-0.15, -0.1) is 0 Å². The van der Waals surface area contributed by atoms with Crippen LogP contribution >= 0.6 is 0 Å². The van der Waals surface area contributed by atoms with Gasteiger partial charge in [-0.05, 0) is 68.6 Å². The molecule has 1 aliphatic carbocycles. The third-order valence-corrected chi connectivity index (χ3v) is 5.77. The summed E-state index contributed by atoms with van der Waals surface area (Å²) in [6, 6.07) is 6.76. The van der Waals surface area contributed by atoms with Gasteiger partial charge in [-0.3, -0.25) is 9.59 Å². The summed E-state index contributed by atoms with van der Waals surface area (Å²) in [6.45, 7) is 1.52. The lowest BCUT2D eigenvalue weighted by Crippen LogP contribution is -2.43. The van der Waals surface area contributed by atoms with Crippen LogP contribution in [0.5, 0.6) is 0 Å². The van der Waals surface area contributed by atoms with E-state index in [-0.39, 0.29) is 23.6 Å². The number of benzene rings is 1.